The van der Waals surface area contributed by atoms with Crippen LogP contribution in [0.15, 0.2) is 41.4 Å². The van der Waals surface area contributed by atoms with E-state index in [-0.39, 0.29) is 28.4 Å². The summed E-state index contributed by atoms with van der Waals surface area (Å²) in [7, 11) is -3.67. The fraction of sp³-hybridized carbons (Fsp3) is 0.421. The Morgan fingerprint density at radius 1 is 1.10 bits per heavy atom. The number of halogens is 1. The number of carbonyl (C=O) groups excluding carboxylic acids is 1. The third-order valence-corrected chi connectivity index (χ3v) is 6.97. The van der Waals surface area contributed by atoms with Crippen molar-refractivity contribution in [3.8, 4) is 0 Å². The van der Waals surface area contributed by atoms with Crippen LogP contribution in [0.5, 0.6) is 0 Å². The molecule has 2 aromatic rings. The first-order valence-corrected chi connectivity index (χ1v) is 10.8. The normalized spacial score (nSPS) is 21.3. The van der Waals surface area contributed by atoms with Gasteiger partial charge in [0.25, 0.3) is 5.91 Å². The highest BCUT2D eigenvalue weighted by molar-refractivity contribution is 7.89. The van der Waals surface area contributed by atoms with Gasteiger partial charge >= 0.3 is 0 Å². The average Bonchev–Trinajstić information content (AvgIpc) is 3.26. The van der Waals surface area contributed by atoms with Crippen molar-refractivity contribution in [3.05, 3.63) is 53.6 Å². The Morgan fingerprint density at radius 3 is 2.55 bits per heavy atom. The first kappa shape index (κ1) is 20.0. The van der Waals surface area contributed by atoms with Crippen LogP contribution in [-0.4, -0.2) is 74.5 Å². The monoisotopic (exact) mass is 423 g/mol. The SMILES string of the molecule is O=C(c1cc(S(=O)(=O)N2CCOCC2)c[nH]1)N1CCOC(c2ccc(F)cc2)C1. The minimum Gasteiger partial charge on any atom is -0.379 e. The van der Waals surface area contributed by atoms with Gasteiger partial charge in [-0.1, -0.05) is 12.1 Å². The smallest absolute Gasteiger partial charge is 0.270 e. The number of nitrogens with one attached hydrogen (secondary N) is 1. The highest BCUT2D eigenvalue weighted by Crippen LogP contribution is 2.24. The number of rotatable bonds is 4. The van der Waals surface area contributed by atoms with Crippen molar-refractivity contribution in [2.75, 3.05) is 46.0 Å². The van der Waals surface area contributed by atoms with Crippen LogP contribution >= 0.6 is 0 Å². The Kier molecular flexibility index (Phi) is 5.68. The van der Waals surface area contributed by atoms with E-state index in [9.17, 15) is 17.6 Å². The van der Waals surface area contributed by atoms with E-state index in [0.717, 1.165) is 5.56 Å². The molecular weight excluding hydrogens is 401 g/mol. The number of benzene rings is 1. The zero-order valence-electron chi connectivity index (χ0n) is 15.7. The zero-order chi connectivity index (χ0) is 20.4. The average molecular weight is 423 g/mol. The molecule has 4 rings (SSSR count). The fourth-order valence-electron chi connectivity index (χ4n) is 3.47. The summed E-state index contributed by atoms with van der Waals surface area (Å²) in [4.78, 5) is 17.4. The van der Waals surface area contributed by atoms with E-state index in [0.29, 0.717) is 46.0 Å². The van der Waals surface area contributed by atoms with Crippen LogP contribution in [0.25, 0.3) is 0 Å². The Labute approximate surface area is 168 Å². The van der Waals surface area contributed by atoms with Crippen molar-refractivity contribution in [2.24, 2.45) is 0 Å². The minimum absolute atomic E-state index is 0.0612. The number of amides is 1. The van der Waals surface area contributed by atoms with Crippen LogP contribution in [-0.2, 0) is 19.5 Å². The lowest BCUT2D eigenvalue weighted by Gasteiger charge is -2.33. The van der Waals surface area contributed by atoms with Gasteiger partial charge in [-0.2, -0.15) is 4.31 Å². The number of nitrogens with zero attached hydrogens (tertiary/aromatic N) is 2. The van der Waals surface area contributed by atoms with Crippen molar-refractivity contribution >= 4 is 15.9 Å². The molecule has 0 radical (unpaired) electrons. The number of morpholine rings is 2. The predicted molar refractivity (Wildman–Crippen MR) is 101 cm³/mol. The van der Waals surface area contributed by atoms with Gasteiger partial charge in [-0.25, -0.2) is 12.8 Å². The third-order valence-electron chi connectivity index (χ3n) is 5.09. The zero-order valence-corrected chi connectivity index (χ0v) is 16.5. The molecule has 0 aliphatic carbocycles. The van der Waals surface area contributed by atoms with Gasteiger partial charge < -0.3 is 19.4 Å². The summed E-state index contributed by atoms with van der Waals surface area (Å²) in [5.41, 5.74) is 0.988. The van der Waals surface area contributed by atoms with Gasteiger partial charge in [0.15, 0.2) is 0 Å². The molecule has 3 heterocycles. The van der Waals surface area contributed by atoms with E-state index in [1.807, 2.05) is 0 Å². The number of carbonyl (C=O) groups is 1. The number of aromatic amines is 1. The van der Waals surface area contributed by atoms with Crippen LogP contribution in [0, 0.1) is 5.82 Å². The van der Waals surface area contributed by atoms with Crippen LogP contribution in [0.2, 0.25) is 0 Å². The van der Waals surface area contributed by atoms with Gasteiger partial charge in [-0.05, 0) is 23.8 Å². The van der Waals surface area contributed by atoms with Crippen LogP contribution in [0.1, 0.15) is 22.2 Å². The van der Waals surface area contributed by atoms with Gasteiger partial charge in [0.05, 0.1) is 26.4 Å². The van der Waals surface area contributed by atoms with Gasteiger partial charge in [0.2, 0.25) is 10.0 Å². The lowest BCUT2D eigenvalue weighted by Crippen LogP contribution is -2.42. The van der Waals surface area contributed by atoms with Gasteiger partial charge in [-0.3, -0.25) is 4.79 Å². The maximum Gasteiger partial charge on any atom is 0.270 e. The molecule has 1 amide bonds. The highest BCUT2D eigenvalue weighted by Gasteiger charge is 2.30. The van der Waals surface area contributed by atoms with Crippen molar-refractivity contribution < 1.29 is 27.1 Å². The van der Waals surface area contributed by atoms with Crippen molar-refractivity contribution in [3.63, 3.8) is 0 Å². The van der Waals surface area contributed by atoms with E-state index in [4.69, 9.17) is 9.47 Å². The van der Waals surface area contributed by atoms with Crippen LogP contribution < -0.4 is 0 Å². The Hall–Kier alpha value is -2.27. The van der Waals surface area contributed by atoms with Gasteiger partial charge in [0, 0.05) is 25.8 Å². The summed E-state index contributed by atoms with van der Waals surface area (Å²) >= 11 is 0. The van der Waals surface area contributed by atoms with E-state index in [2.05, 4.69) is 4.98 Å². The van der Waals surface area contributed by atoms with Crippen LogP contribution in [0.4, 0.5) is 4.39 Å². The molecule has 0 spiro atoms. The summed E-state index contributed by atoms with van der Waals surface area (Å²) < 4.78 is 50.9. The standard InChI is InChI=1S/C19H22FN3O5S/c20-15-3-1-14(2-4-15)18-13-22(5-10-28-18)19(24)17-11-16(12-21-17)29(25,26)23-6-8-27-9-7-23/h1-4,11-12,18,21H,5-10,13H2. The second-order valence-corrected chi connectivity index (χ2v) is 8.87. The maximum atomic E-state index is 13.1. The summed E-state index contributed by atoms with van der Waals surface area (Å²) in [5.74, 6) is -0.637. The molecule has 1 aromatic carbocycles. The molecule has 1 N–H and O–H groups in total. The maximum absolute atomic E-state index is 13.1. The van der Waals surface area contributed by atoms with E-state index in [1.165, 1.54) is 28.7 Å². The van der Waals surface area contributed by atoms with E-state index >= 15 is 0 Å². The first-order chi connectivity index (χ1) is 13.9. The lowest BCUT2D eigenvalue weighted by molar-refractivity contribution is -0.0230. The molecule has 1 unspecified atom stereocenters. The second kappa shape index (κ2) is 8.23. The van der Waals surface area contributed by atoms with Gasteiger partial charge in [0.1, 0.15) is 22.5 Å². The molecule has 2 aliphatic heterocycles. The molecule has 2 aliphatic rings. The summed E-state index contributed by atoms with van der Waals surface area (Å²) in [6.07, 6.45) is 0.982. The molecule has 2 fully saturated rings. The van der Waals surface area contributed by atoms with Crippen LogP contribution in [0.3, 0.4) is 0 Å². The largest absolute Gasteiger partial charge is 0.379 e. The van der Waals surface area contributed by atoms with Crippen molar-refractivity contribution in [1.29, 1.82) is 0 Å². The number of aromatic nitrogens is 1. The topological polar surface area (TPSA) is 91.9 Å². The summed E-state index contributed by atoms with van der Waals surface area (Å²) in [6.45, 7) is 2.32. The quantitative estimate of drug-likeness (QED) is 0.803. The summed E-state index contributed by atoms with van der Waals surface area (Å²) in [5, 5.41) is 0. The number of hydrogen-bond donors (Lipinski definition) is 1. The Balaban J connectivity index is 1.47. The van der Waals surface area contributed by atoms with E-state index in [1.54, 1.807) is 17.0 Å². The molecule has 29 heavy (non-hydrogen) atoms. The molecular formula is C19H22FN3O5S. The summed E-state index contributed by atoms with van der Waals surface area (Å²) in [6, 6.07) is 7.35. The van der Waals surface area contributed by atoms with Crippen molar-refractivity contribution in [1.82, 2.24) is 14.2 Å². The second-order valence-electron chi connectivity index (χ2n) is 6.93. The molecule has 8 nitrogen and oxygen atoms in total. The van der Waals surface area contributed by atoms with E-state index < -0.39 is 10.0 Å². The number of hydrogen-bond acceptors (Lipinski definition) is 5. The lowest BCUT2D eigenvalue weighted by atomic mass is 10.1. The number of H-pyrrole nitrogens is 1. The fourth-order valence-corrected chi connectivity index (χ4v) is 4.87. The Morgan fingerprint density at radius 2 is 1.83 bits per heavy atom. The Bertz CT molecular complexity index is 970. The number of ether oxygens (including phenoxy) is 2. The molecule has 1 aromatic heterocycles. The molecule has 10 heteroatoms. The van der Waals surface area contributed by atoms with Crippen molar-refractivity contribution in [2.45, 2.75) is 11.0 Å². The third kappa shape index (κ3) is 4.20. The molecule has 0 saturated carbocycles. The molecule has 2 saturated heterocycles. The predicted octanol–water partition coefficient (Wildman–Crippen LogP) is 1.39. The molecule has 156 valence electrons. The molecule has 0 bridgehead atoms. The first-order valence-electron chi connectivity index (χ1n) is 9.38. The number of sulfonamides is 1. The van der Waals surface area contributed by atoms with Gasteiger partial charge in [-0.15, -0.1) is 0 Å². The minimum atomic E-state index is -3.67. The highest BCUT2D eigenvalue weighted by atomic mass is 32.2. The molecule has 1 atom stereocenters.